The zero-order chi connectivity index (χ0) is 23.9. The molecule has 4 saturated carbocycles. The van der Waals surface area contributed by atoms with Gasteiger partial charge in [-0.1, -0.05) is 6.07 Å². The number of rotatable bonds is 5. The lowest BCUT2D eigenvalue weighted by Gasteiger charge is -2.71. The Kier molecular flexibility index (Phi) is 3.71. The summed E-state index contributed by atoms with van der Waals surface area (Å²) in [4.78, 5) is 29.9. The van der Waals surface area contributed by atoms with Gasteiger partial charge in [-0.2, -0.15) is 10.1 Å². The predicted molar refractivity (Wildman–Crippen MR) is 100 cm³/mol. The van der Waals surface area contributed by atoms with Crippen molar-refractivity contribution in [1.29, 1.82) is 5.26 Å². The van der Waals surface area contributed by atoms with E-state index in [-0.39, 0.29) is 35.0 Å². The summed E-state index contributed by atoms with van der Waals surface area (Å²) in [5.41, 5.74) is -1.43. The first kappa shape index (κ1) is 17.1. The molecular weight excluding hydrogens is 413 g/mol. The Morgan fingerprint density at radius 1 is 1.30 bits per heavy atom. The Morgan fingerprint density at radius 3 is 2.57 bits per heavy atom. The molecule has 162 valence electrons. The van der Waals surface area contributed by atoms with Crippen molar-refractivity contribution < 1.29 is 42.6 Å². The second-order valence-corrected chi connectivity index (χ2v) is 10.2. The molecule has 3 unspecified atom stereocenters. The van der Waals surface area contributed by atoms with Crippen molar-refractivity contribution in [2.75, 3.05) is 13.6 Å². The van der Waals surface area contributed by atoms with E-state index in [9.17, 15) is 24.7 Å². The third-order valence-electron chi connectivity index (χ3n) is 7.52. The van der Waals surface area contributed by atoms with Gasteiger partial charge in [-0.05, 0) is 67.4 Å². The summed E-state index contributed by atoms with van der Waals surface area (Å²) < 4.78 is 45.2. The molecule has 0 amide bonds. The summed E-state index contributed by atoms with van der Waals surface area (Å²) in [5, 5.41) is 19.5. The average Bonchev–Trinajstić information content (AvgIpc) is 2.69. The van der Waals surface area contributed by atoms with Gasteiger partial charge in [-0.15, -0.1) is 0 Å². The van der Waals surface area contributed by atoms with E-state index in [0.717, 1.165) is 19.3 Å². The van der Waals surface area contributed by atoms with Gasteiger partial charge in [-0.3, -0.25) is 9.79 Å². The molecule has 10 heteroatoms. The zero-order valence-corrected chi connectivity index (χ0v) is 16.9. The molecule has 1 heterocycles. The third-order valence-corrected chi connectivity index (χ3v) is 7.95. The van der Waals surface area contributed by atoms with Crippen LogP contribution in [-0.2, 0) is 24.9 Å². The summed E-state index contributed by atoms with van der Waals surface area (Å²) in [6, 6.07) is 5.66. The smallest absolute Gasteiger partial charge is 0.403 e. The number of hydrogen-bond acceptors (Lipinski definition) is 7. The molecule has 30 heavy (non-hydrogen) atoms. The SMILES string of the molecule is [2H]C([2H])([2H])OC1(c2ccc(C#N)c(OP(=O)(O)O)c2)OOC12C1CC3CC2CC(CO)(C3)C1. The molecule has 4 aliphatic carbocycles. The van der Waals surface area contributed by atoms with Gasteiger partial charge >= 0.3 is 7.82 Å². The molecule has 0 radical (unpaired) electrons. The molecule has 5 aliphatic rings. The molecule has 3 N–H and O–H groups in total. The van der Waals surface area contributed by atoms with Crippen LogP contribution in [0.1, 0.15) is 47.3 Å². The lowest BCUT2D eigenvalue weighted by atomic mass is 9.42. The van der Waals surface area contributed by atoms with Crippen molar-refractivity contribution in [3.8, 4) is 11.8 Å². The second kappa shape index (κ2) is 6.50. The van der Waals surface area contributed by atoms with Gasteiger partial charge in [0.2, 0.25) is 0 Å². The van der Waals surface area contributed by atoms with Gasteiger partial charge in [0.1, 0.15) is 11.8 Å². The number of nitrogens with zero attached hydrogens (tertiary/aromatic N) is 1. The maximum atomic E-state index is 11.5. The first-order chi connectivity index (χ1) is 15.4. The average molecular weight is 440 g/mol. The number of aliphatic hydroxyl groups is 1. The van der Waals surface area contributed by atoms with Crippen LogP contribution in [0.15, 0.2) is 18.2 Å². The Morgan fingerprint density at radius 2 is 2.03 bits per heavy atom. The normalized spacial score (nSPS) is 43.4. The lowest BCUT2D eigenvalue weighted by molar-refractivity contribution is -0.647. The molecule has 1 aliphatic heterocycles. The Balaban J connectivity index is 1.64. The summed E-state index contributed by atoms with van der Waals surface area (Å²) in [5.74, 6) is -2.26. The predicted octanol–water partition coefficient (Wildman–Crippen LogP) is 2.35. The highest BCUT2D eigenvalue weighted by atomic mass is 31.2. The van der Waals surface area contributed by atoms with E-state index in [1.807, 2.05) is 0 Å². The number of methoxy groups -OCH3 is 1. The monoisotopic (exact) mass is 440 g/mol. The van der Waals surface area contributed by atoms with Gasteiger partial charge < -0.3 is 14.4 Å². The Bertz CT molecular complexity index is 1050. The van der Waals surface area contributed by atoms with Gasteiger partial charge in [0.15, 0.2) is 5.60 Å². The van der Waals surface area contributed by atoms with E-state index >= 15 is 0 Å². The van der Waals surface area contributed by atoms with E-state index in [0.29, 0.717) is 18.8 Å². The molecule has 1 aromatic carbocycles. The highest BCUT2D eigenvalue weighted by molar-refractivity contribution is 7.46. The molecule has 4 bridgehead atoms. The van der Waals surface area contributed by atoms with Crippen LogP contribution in [0.4, 0.5) is 0 Å². The van der Waals surface area contributed by atoms with Crippen LogP contribution >= 0.6 is 7.82 Å². The van der Waals surface area contributed by atoms with Gasteiger partial charge in [0, 0.05) is 19.2 Å². The Hall–Kier alpha value is -1.50. The summed E-state index contributed by atoms with van der Waals surface area (Å²) in [6.07, 6.45) is 3.67. The lowest BCUT2D eigenvalue weighted by Crippen LogP contribution is -2.77. The number of benzene rings is 1. The molecule has 3 atom stereocenters. The van der Waals surface area contributed by atoms with E-state index in [2.05, 4.69) is 0 Å². The fraction of sp³-hybridized carbons (Fsp3) is 0.650. The number of phosphoric acid groups is 1. The molecule has 1 aromatic rings. The van der Waals surface area contributed by atoms with Crippen molar-refractivity contribution in [2.24, 2.45) is 23.2 Å². The van der Waals surface area contributed by atoms with E-state index in [1.54, 1.807) is 6.07 Å². The fourth-order valence-corrected chi connectivity index (χ4v) is 7.07. The van der Waals surface area contributed by atoms with Crippen molar-refractivity contribution >= 4 is 7.82 Å². The van der Waals surface area contributed by atoms with E-state index in [4.69, 9.17) is 23.1 Å². The highest BCUT2D eigenvalue weighted by Gasteiger charge is 2.78. The minimum atomic E-state index is -5.01. The van der Waals surface area contributed by atoms with Crippen molar-refractivity contribution in [1.82, 2.24) is 0 Å². The molecule has 6 rings (SSSR count). The number of ether oxygens (including phenoxy) is 1. The van der Waals surface area contributed by atoms with Crippen LogP contribution < -0.4 is 4.52 Å². The quantitative estimate of drug-likeness (QED) is 0.465. The van der Waals surface area contributed by atoms with Crippen LogP contribution in [0.2, 0.25) is 0 Å². The van der Waals surface area contributed by atoms with Crippen molar-refractivity contribution in [2.45, 2.75) is 43.5 Å². The minimum Gasteiger partial charge on any atom is -0.403 e. The minimum absolute atomic E-state index is 0.0394. The largest absolute Gasteiger partial charge is 0.524 e. The maximum Gasteiger partial charge on any atom is 0.524 e. The Labute approximate surface area is 177 Å². The topological polar surface area (TPSA) is 138 Å². The molecule has 1 saturated heterocycles. The van der Waals surface area contributed by atoms with Crippen molar-refractivity contribution in [3.05, 3.63) is 29.3 Å². The molecule has 1 spiro atoms. The van der Waals surface area contributed by atoms with Crippen LogP contribution in [-0.4, -0.2) is 34.1 Å². The van der Waals surface area contributed by atoms with Gasteiger partial charge in [0.25, 0.3) is 5.79 Å². The highest BCUT2D eigenvalue weighted by Crippen LogP contribution is 2.72. The van der Waals surface area contributed by atoms with Crippen LogP contribution in [0.5, 0.6) is 5.75 Å². The van der Waals surface area contributed by atoms with Crippen LogP contribution in [0.25, 0.3) is 0 Å². The van der Waals surface area contributed by atoms with Crippen molar-refractivity contribution in [3.63, 3.8) is 0 Å². The van der Waals surface area contributed by atoms with Crippen LogP contribution in [0, 0.1) is 34.5 Å². The zero-order valence-electron chi connectivity index (χ0n) is 19.0. The second-order valence-electron chi connectivity index (χ2n) is 9.08. The summed E-state index contributed by atoms with van der Waals surface area (Å²) >= 11 is 0. The van der Waals surface area contributed by atoms with Gasteiger partial charge in [-0.25, -0.2) is 9.45 Å². The molecular formula is C20H24NO8P. The maximum absolute atomic E-state index is 11.5. The number of aliphatic hydroxyl groups excluding tert-OH is 1. The summed E-state index contributed by atoms with van der Waals surface area (Å²) in [6.45, 7) is 0.0394. The fourth-order valence-electron chi connectivity index (χ4n) is 6.66. The van der Waals surface area contributed by atoms with Gasteiger partial charge in [0.05, 0.1) is 9.68 Å². The summed E-state index contributed by atoms with van der Waals surface area (Å²) in [7, 11) is -7.90. The molecule has 5 fully saturated rings. The standard InChI is InChI=1S/C20H24NO8P/c1-26-20(14-3-2-13(10-21)17(6-14)27-30(23,24)25)19(28-29-20)15-4-12-5-16(19)9-18(7-12,8-15)11-22/h2-3,6,12,15-16,22H,4-5,7-9,11H2,1H3,(H2,23,24,25)/i1D3. The molecule has 0 aromatic heterocycles. The van der Waals surface area contributed by atoms with Crippen LogP contribution in [0.3, 0.4) is 0 Å². The first-order valence-corrected chi connectivity index (χ1v) is 11.4. The number of nitriles is 1. The molecule has 9 nitrogen and oxygen atoms in total. The van der Waals surface area contributed by atoms with E-state index in [1.165, 1.54) is 18.2 Å². The number of hydrogen-bond donors (Lipinski definition) is 3. The third kappa shape index (κ3) is 2.59. The van der Waals surface area contributed by atoms with E-state index < -0.39 is 32.0 Å². The first-order valence-electron chi connectivity index (χ1n) is 11.3. The number of phosphoric ester groups is 1.